The molecule has 0 bridgehead atoms. The SMILES string of the molecule is CN(CCCCl)Cc1ccc2c(c1)NC(=O)CO2. The van der Waals surface area contributed by atoms with Crippen molar-refractivity contribution in [3.63, 3.8) is 0 Å². The van der Waals surface area contributed by atoms with Crippen molar-refractivity contribution in [3.05, 3.63) is 23.8 Å². The lowest BCUT2D eigenvalue weighted by Gasteiger charge is -2.20. The van der Waals surface area contributed by atoms with Gasteiger partial charge in [0.25, 0.3) is 5.91 Å². The molecule has 0 atom stereocenters. The van der Waals surface area contributed by atoms with Gasteiger partial charge < -0.3 is 15.0 Å². The highest BCUT2D eigenvalue weighted by atomic mass is 35.5. The van der Waals surface area contributed by atoms with Gasteiger partial charge in [-0.3, -0.25) is 4.79 Å². The van der Waals surface area contributed by atoms with Crippen LogP contribution in [0.1, 0.15) is 12.0 Å². The fourth-order valence-corrected chi connectivity index (χ4v) is 2.07. The zero-order valence-electron chi connectivity index (χ0n) is 10.4. The first-order chi connectivity index (χ1) is 8.69. The highest BCUT2D eigenvalue weighted by Gasteiger charge is 2.16. The second-order valence-electron chi connectivity index (χ2n) is 4.45. The van der Waals surface area contributed by atoms with Crippen LogP contribution in [0.2, 0.25) is 0 Å². The summed E-state index contributed by atoms with van der Waals surface area (Å²) in [4.78, 5) is 13.4. The molecule has 1 aromatic rings. The van der Waals surface area contributed by atoms with Crippen molar-refractivity contribution >= 4 is 23.2 Å². The number of hydrogen-bond acceptors (Lipinski definition) is 3. The van der Waals surface area contributed by atoms with Crippen LogP contribution in [0.15, 0.2) is 18.2 Å². The van der Waals surface area contributed by atoms with Crippen LogP contribution in [0.4, 0.5) is 5.69 Å². The maximum absolute atomic E-state index is 11.2. The van der Waals surface area contributed by atoms with Crippen LogP contribution in [0.3, 0.4) is 0 Å². The molecular formula is C13H17ClN2O2. The van der Waals surface area contributed by atoms with E-state index < -0.39 is 0 Å². The number of ether oxygens (including phenoxy) is 1. The van der Waals surface area contributed by atoms with Gasteiger partial charge in [0.1, 0.15) is 5.75 Å². The molecular weight excluding hydrogens is 252 g/mol. The molecule has 0 aliphatic carbocycles. The third kappa shape index (κ3) is 3.37. The molecule has 0 aromatic heterocycles. The van der Waals surface area contributed by atoms with Crippen molar-refractivity contribution in [2.45, 2.75) is 13.0 Å². The summed E-state index contributed by atoms with van der Waals surface area (Å²) in [7, 11) is 2.06. The number of hydrogen-bond donors (Lipinski definition) is 1. The molecule has 0 unspecified atom stereocenters. The van der Waals surface area contributed by atoms with E-state index in [1.54, 1.807) is 0 Å². The van der Waals surface area contributed by atoms with Gasteiger partial charge in [-0.15, -0.1) is 11.6 Å². The fourth-order valence-electron chi connectivity index (χ4n) is 1.95. The van der Waals surface area contributed by atoms with E-state index in [2.05, 4.69) is 17.3 Å². The average Bonchev–Trinajstić information content (AvgIpc) is 2.36. The summed E-state index contributed by atoms with van der Waals surface area (Å²) >= 11 is 5.67. The zero-order chi connectivity index (χ0) is 13.0. The van der Waals surface area contributed by atoms with Gasteiger partial charge in [0.15, 0.2) is 6.61 Å². The van der Waals surface area contributed by atoms with Crippen LogP contribution in [-0.2, 0) is 11.3 Å². The third-order valence-corrected chi connectivity index (χ3v) is 3.07. The molecule has 0 saturated heterocycles. The first-order valence-corrected chi connectivity index (χ1v) is 6.52. The van der Waals surface area contributed by atoms with Gasteiger partial charge in [0.05, 0.1) is 5.69 Å². The smallest absolute Gasteiger partial charge is 0.262 e. The number of carbonyl (C=O) groups excluding carboxylic acids is 1. The van der Waals surface area contributed by atoms with E-state index in [1.807, 2.05) is 18.2 Å². The fraction of sp³-hybridized carbons (Fsp3) is 0.462. The molecule has 0 radical (unpaired) electrons. The molecule has 1 aliphatic heterocycles. The van der Waals surface area contributed by atoms with Gasteiger partial charge in [0, 0.05) is 12.4 Å². The molecule has 4 nitrogen and oxygen atoms in total. The summed E-state index contributed by atoms with van der Waals surface area (Å²) < 4.78 is 5.32. The predicted molar refractivity (Wildman–Crippen MR) is 72.2 cm³/mol. The van der Waals surface area contributed by atoms with Gasteiger partial charge >= 0.3 is 0 Å². The van der Waals surface area contributed by atoms with E-state index >= 15 is 0 Å². The van der Waals surface area contributed by atoms with Gasteiger partial charge in [0.2, 0.25) is 0 Å². The second kappa shape index (κ2) is 6.07. The molecule has 5 heteroatoms. The molecule has 0 spiro atoms. The lowest BCUT2D eigenvalue weighted by Crippen LogP contribution is -2.25. The van der Waals surface area contributed by atoms with E-state index in [9.17, 15) is 4.79 Å². The first-order valence-electron chi connectivity index (χ1n) is 5.99. The van der Waals surface area contributed by atoms with Gasteiger partial charge in [-0.25, -0.2) is 0 Å². The number of nitrogens with zero attached hydrogens (tertiary/aromatic N) is 1. The Hall–Kier alpha value is -1.26. The second-order valence-corrected chi connectivity index (χ2v) is 4.83. The van der Waals surface area contributed by atoms with Crippen LogP contribution in [-0.4, -0.2) is 36.9 Å². The highest BCUT2D eigenvalue weighted by molar-refractivity contribution is 6.17. The lowest BCUT2D eigenvalue weighted by molar-refractivity contribution is -0.118. The molecule has 1 heterocycles. The Balaban J connectivity index is 2.02. The number of amides is 1. The largest absolute Gasteiger partial charge is 0.482 e. The molecule has 2 rings (SSSR count). The van der Waals surface area contributed by atoms with Gasteiger partial charge in [-0.05, 0) is 37.7 Å². The highest BCUT2D eigenvalue weighted by Crippen LogP contribution is 2.28. The van der Waals surface area contributed by atoms with Crippen LogP contribution in [0.25, 0.3) is 0 Å². The Bertz CT molecular complexity index is 437. The van der Waals surface area contributed by atoms with Crippen molar-refractivity contribution in [3.8, 4) is 5.75 Å². The van der Waals surface area contributed by atoms with E-state index in [-0.39, 0.29) is 12.5 Å². The summed E-state index contributed by atoms with van der Waals surface area (Å²) in [6.45, 7) is 1.89. The minimum absolute atomic E-state index is 0.0992. The number of carbonyl (C=O) groups is 1. The molecule has 18 heavy (non-hydrogen) atoms. The number of anilines is 1. The van der Waals surface area contributed by atoms with E-state index in [1.165, 1.54) is 0 Å². The maximum Gasteiger partial charge on any atom is 0.262 e. The minimum atomic E-state index is -0.102. The Morgan fingerprint density at radius 1 is 1.50 bits per heavy atom. The van der Waals surface area contributed by atoms with Crippen LogP contribution >= 0.6 is 11.6 Å². The predicted octanol–water partition coefficient (Wildman–Crippen LogP) is 2.08. The number of benzene rings is 1. The van der Waals surface area contributed by atoms with Crippen molar-refractivity contribution in [2.24, 2.45) is 0 Å². The Kier molecular flexibility index (Phi) is 4.44. The zero-order valence-corrected chi connectivity index (χ0v) is 11.2. The molecule has 98 valence electrons. The van der Waals surface area contributed by atoms with Crippen LogP contribution in [0, 0.1) is 0 Å². The van der Waals surface area contributed by atoms with Crippen molar-refractivity contribution in [1.29, 1.82) is 0 Å². The summed E-state index contributed by atoms with van der Waals surface area (Å²) in [5, 5.41) is 2.81. The third-order valence-electron chi connectivity index (χ3n) is 2.80. The van der Waals surface area contributed by atoms with E-state index in [4.69, 9.17) is 16.3 Å². The van der Waals surface area contributed by atoms with Gasteiger partial charge in [-0.2, -0.15) is 0 Å². The lowest BCUT2D eigenvalue weighted by atomic mass is 10.1. The van der Waals surface area contributed by atoms with Crippen molar-refractivity contribution < 1.29 is 9.53 Å². The summed E-state index contributed by atoms with van der Waals surface area (Å²) in [5.74, 6) is 1.32. The summed E-state index contributed by atoms with van der Waals surface area (Å²) in [5.41, 5.74) is 1.91. The first kappa shape index (κ1) is 13.2. The molecule has 0 saturated carbocycles. The number of alkyl halides is 1. The summed E-state index contributed by atoms with van der Waals surface area (Å²) in [6, 6.07) is 5.89. The molecule has 1 amide bonds. The number of nitrogens with one attached hydrogen (secondary N) is 1. The number of fused-ring (bicyclic) bond motifs is 1. The maximum atomic E-state index is 11.2. The molecule has 1 aliphatic rings. The minimum Gasteiger partial charge on any atom is -0.482 e. The van der Waals surface area contributed by atoms with E-state index in [0.29, 0.717) is 5.88 Å². The molecule has 1 aromatic carbocycles. The van der Waals surface area contributed by atoms with Crippen LogP contribution in [0.5, 0.6) is 5.75 Å². The number of rotatable bonds is 5. The quantitative estimate of drug-likeness (QED) is 0.832. The van der Waals surface area contributed by atoms with E-state index in [0.717, 1.165) is 36.5 Å². The van der Waals surface area contributed by atoms with Crippen molar-refractivity contribution in [2.75, 3.05) is 31.4 Å². The normalized spacial score (nSPS) is 14.1. The Morgan fingerprint density at radius 2 is 2.33 bits per heavy atom. The monoisotopic (exact) mass is 268 g/mol. The molecule has 1 N–H and O–H groups in total. The average molecular weight is 269 g/mol. The Labute approximate surface area is 112 Å². The summed E-state index contributed by atoms with van der Waals surface area (Å²) in [6.07, 6.45) is 0.975. The standard InChI is InChI=1S/C13H17ClN2O2/c1-16(6-2-5-14)8-10-3-4-12-11(7-10)15-13(17)9-18-12/h3-4,7H,2,5-6,8-9H2,1H3,(H,15,17). The van der Waals surface area contributed by atoms with Crippen LogP contribution < -0.4 is 10.1 Å². The van der Waals surface area contributed by atoms with Crippen molar-refractivity contribution in [1.82, 2.24) is 4.90 Å². The molecule has 0 fully saturated rings. The van der Waals surface area contributed by atoms with Gasteiger partial charge in [-0.1, -0.05) is 6.07 Å². The Morgan fingerprint density at radius 3 is 3.11 bits per heavy atom. The number of halogens is 1. The topological polar surface area (TPSA) is 41.6 Å².